The molecule has 84 valence electrons. The Kier molecular flexibility index (Phi) is 5.11. The third kappa shape index (κ3) is 2.08. The first-order chi connectivity index (χ1) is 6.71. The first-order valence-corrected chi connectivity index (χ1v) is 7.72. The molecular formula is C10H22N2S2. The molecule has 14 heavy (non-hydrogen) atoms. The lowest BCUT2D eigenvalue weighted by Crippen LogP contribution is -2.32. The Morgan fingerprint density at radius 3 is 1.50 bits per heavy atom. The zero-order valence-corrected chi connectivity index (χ0v) is 11.5. The second kappa shape index (κ2) is 5.64. The summed E-state index contributed by atoms with van der Waals surface area (Å²) < 4.78 is 5.09. The van der Waals surface area contributed by atoms with Crippen LogP contribution in [0.5, 0.6) is 0 Å². The second-order valence-corrected chi connectivity index (χ2v) is 5.24. The highest BCUT2D eigenvalue weighted by atomic mass is 32.2. The summed E-state index contributed by atoms with van der Waals surface area (Å²) in [6.45, 7) is 6.91. The van der Waals surface area contributed by atoms with E-state index in [1.54, 1.807) is 0 Å². The molecule has 4 heteroatoms. The molecule has 1 aliphatic heterocycles. The van der Waals surface area contributed by atoms with Crippen molar-refractivity contribution in [3.05, 3.63) is 0 Å². The van der Waals surface area contributed by atoms with E-state index in [1.807, 2.05) is 23.9 Å². The summed E-state index contributed by atoms with van der Waals surface area (Å²) in [6, 6.07) is 1.44. The Labute approximate surface area is 97.1 Å². The molecule has 0 aromatic rings. The van der Waals surface area contributed by atoms with Gasteiger partial charge in [0.2, 0.25) is 0 Å². The Balaban J connectivity index is 2.81. The minimum atomic E-state index is 0.565. The highest BCUT2D eigenvalue weighted by molar-refractivity contribution is 7.97. The zero-order valence-electron chi connectivity index (χ0n) is 9.86. The SMILES string of the molecule is CCC1C(CC)N(SC)C(C)N1SC. The standard InChI is InChI=1S/C10H22N2S2/c1-6-9-10(7-2)12(14-5)8(3)11(9)13-4/h8-10H,6-7H2,1-5H3. The van der Waals surface area contributed by atoms with E-state index in [1.165, 1.54) is 12.8 Å². The molecule has 0 bridgehead atoms. The second-order valence-electron chi connectivity index (χ2n) is 3.67. The van der Waals surface area contributed by atoms with Crippen LogP contribution in [0.15, 0.2) is 0 Å². The molecule has 2 nitrogen and oxygen atoms in total. The summed E-state index contributed by atoms with van der Waals surface area (Å²) in [6.07, 6.45) is 7.45. The smallest absolute Gasteiger partial charge is 0.0795 e. The van der Waals surface area contributed by atoms with Crippen LogP contribution in [-0.4, -0.2) is 39.4 Å². The maximum atomic E-state index is 2.55. The molecule has 1 aliphatic rings. The van der Waals surface area contributed by atoms with E-state index in [4.69, 9.17) is 0 Å². The fourth-order valence-corrected chi connectivity index (χ4v) is 4.48. The van der Waals surface area contributed by atoms with Gasteiger partial charge in [-0.15, -0.1) is 0 Å². The summed E-state index contributed by atoms with van der Waals surface area (Å²) in [5.41, 5.74) is 0. The number of hydrogen-bond acceptors (Lipinski definition) is 4. The van der Waals surface area contributed by atoms with Crippen molar-refractivity contribution in [1.29, 1.82) is 0 Å². The van der Waals surface area contributed by atoms with Crippen LogP contribution in [0.4, 0.5) is 0 Å². The number of rotatable bonds is 4. The summed E-state index contributed by atoms with van der Waals surface area (Å²) in [4.78, 5) is 0. The van der Waals surface area contributed by atoms with Crippen molar-refractivity contribution in [2.75, 3.05) is 12.5 Å². The summed E-state index contributed by atoms with van der Waals surface area (Å²) in [5, 5.41) is 0. The average molecular weight is 234 g/mol. The van der Waals surface area contributed by atoms with Crippen LogP contribution in [0.3, 0.4) is 0 Å². The van der Waals surface area contributed by atoms with Crippen LogP contribution in [0.1, 0.15) is 33.6 Å². The Hall–Kier alpha value is 0.620. The molecule has 1 saturated heterocycles. The van der Waals surface area contributed by atoms with Gasteiger partial charge in [-0.1, -0.05) is 37.7 Å². The maximum Gasteiger partial charge on any atom is 0.0795 e. The van der Waals surface area contributed by atoms with Crippen LogP contribution < -0.4 is 0 Å². The van der Waals surface area contributed by atoms with Crippen LogP contribution >= 0.6 is 23.9 Å². The predicted octanol–water partition coefficient (Wildman–Crippen LogP) is 3.06. The largest absolute Gasteiger partial charge is 0.229 e. The monoisotopic (exact) mass is 234 g/mol. The lowest BCUT2D eigenvalue weighted by Gasteiger charge is -2.25. The fourth-order valence-electron chi connectivity index (χ4n) is 2.49. The van der Waals surface area contributed by atoms with E-state index in [-0.39, 0.29) is 0 Å². The molecule has 0 spiro atoms. The Morgan fingerprint density at radius 1 is 0.929 bits per heavy atom. The van der Waals surface area contributed by atoms with Gasteiger partial charge in [-0.05, 0) is 32.3 Å². The van der Waals surface area contributed by atoms with Gasteiger partial charge < -0.3 is 0 Å². The molecule has 0 saturated carbocycles. The molecule has 1 rings (SSSR count). The van der Waals surface area contributed by atoms with Crippen molar-refractivity contribution in [2.45, 2.75) is 51.9 Å². The number of nitrogens with zero attached hydrogens (tertiary/aromatic N) is 2. The van der Waals surface area contributed by atoms with E-state index < -0.39 is 0 Å². The first kappa shape index (κ1) is 12.7. The minimum absolute atomic E-state index is 0.565. The van der Waals surface area contributed by atoms with E-state index in [0.29, 0.717) is 6.17 Å². The summed E-state index contributed by atoms with van der Waals surface area (Å²) in [5.74, 6) is 0. The van der Waals surface area contributed by atoms with Crippen LogP contribution in [0.2, 0.25) is 0 Å². The van der Waals surface area contributed by atoms with Crippen molar-refractivity contribution < 1.29 is 0 Å². The van der Waals surface area contributed by atoms with Crippen molar-refractivity contribution in [2.24, 2.45) is 0 Å². The number of hydrogen-bond donors (Lipinski definition) is 0. The van der Waals surface area contributed by atoms with E-state index >= 15 is 0 Å². The fraction of sp³-hybridized carbons (Fsp3) is 1.00. The predicted molar refractivity (Wildman–Crippen MR) is 68.3 cm³/mol. The molecule has 1 heterocycles. The first-order valence-electron chi connectivity index (χ1n) is 5.36. The summed E-state index contributed by atoms with van der Waals surface area (Å²) in [7, 11) is 0. The van der Waals surface area contributed by atoms with Crippen molar-refractivity contribution in [3.8, 4) is 0 Å². The van der Waals surface area contributed by atoms with Gasteiger partial charge in [-0.25, -0.2) is 8.61 Å². The molecule has 0 aromatic carbocycles. The van der Waals surface area contributed by atoms with Gasteiger partial charge >= 0.3 is 0 Å². The molecule has 2 unspecified atom stereocenters. The molecule has 0 aliphatic carbocycles. The maximum absolute atomic E-state index is 2.55. The van der Waals surface area contributed by atoms with Crippen LogP contribution in [-0.2, 0) is 0 Å². The van der Waals surface area contributed by atoms with Gasteiger partial charge in [-0.2, -0.15) is 0 Å². The van der Waals surface area contributed by atoms with Gasteiger partial charge in [0.25, 0.3) is 0 Å². The van der Waals surface area contributed by atoms with E-state index in [9.17, 15) is 0 Å². The Bertz CT molecular complexity index is 160. The summed E-state index contributed by atoms with van der Waals surface area (Å²) >= 11 is 3.78. The van der Waals surface area contributed by atoms with Gasteiger partial charge in [0.15, 0.2) is 0 Å². The molecule has 0 N–H and O–H groups in total. The lowest BCUT2D eigenvalue weighted by atomic mass is 10.1. The average Bonchev–Trinajstić information content (AvgIpc) is 2.48. The van der Waals surface area contributed by atoms with Gasteiger partial charge in [-0.3, -0.25) is 0 Å². The van der Waals surface area contributed by atoms with Crippen molar-refractivity contribution in [3.63, 3.8) is 0 Å². The third-order valence-electron chi connectivity index (χ3n) is 3.09. The highest BCUT2D eigenvalue weighted by Gasteiger charge is 2.42. The van der Waals surface area contributed by atoms with Crippen molar-refractivity contribution in [1.82, 2.24) is 8.61 Å². The quantitative estimate of drug-likeness (QED) is 0.689. The van der Waals surface area contributed by atoms with E-state index in [0.717, 1.165) is 12.1 Å². The lowest BCUT2D eigenvalue weighted by molar-refractivity contribution is 0.319. The van der Waals surface area contributed by atoms with E-state index in [2.05, 4.69) is 41.9 Å². The zero-order chi connectivity index (χ0) is 10.7. The van der Waals surface area contributed by atoms with Crippen molar-refractivity contribution >= 4 is 23.9 Å². The molecule has 2 atom stereocenters. The molecular weight excluding hydrogens is 212 g/mol. The molecule has 0 amide bonds. The highest BCUT2D eigenvalue weighted by Crippen LogP contribution is 2.38. The topological polar surface area (TPSA) is 6.48 Å². The molecule has 1 fully saturated rings. The van der Waals surface area contributed by atoms with Crippen LogP contribution in [0.25, 0.3) is 0 Å². The molecule has 0 radical (unpaired) electrons. The van der Waals surface area contributed by atoms with Gasteiger partial charge in [0.1, 0.15) is 0 Å². The normalized spacial score (nSPS) is 35.4. The minimum Gasteiger partial charge on any atom is -0.229 e. The van der Waals surface area contributed by atoms with Crippen LogP contribution in [0, 0.1) is 0 Å². The third-order valence-corrected chi connectivity index (χ3v) is 5.09. The van der Waals surface area contributed by atoms with Gasteiger partial charge in [0.05, 0.1) is 6.17 Å². The Morgan fingerprint density at radius 2 is 1.29 bits per heavy atom. The molecule has 0 aromatic heterocycles. The van der Waals surface area contributed by atoms with Gasteiger partial charge in [0, 0.05) is 12.1 Å².